The van der Waals surface area contributed by atoms with Gasteiger partial charge in [0.15, 0.2) is 0 Å². The van der Waals surface area contributed by atoms with Crippen molar-refractivity contribution in [3.05, 3.63) is 42.6 Å². The van der Waals surface area contributed by atoms with Gasteiger partial charge >= 0.3 is 0 Å². The van der Waals surface area contributed by atoms with Crippen molar-refractivity contribution < 1.29 is 4.79 Å². The number of nitrogens with zero attached hydrogens (tertiary/aromatic N) is 3. The van der Waals surface area contributed by atoms with Crippen molar-refractivity contribution in [1.29, 1.82) is 0 Å². The maximum Gasteiger partial charge on any atom is 0.229 e. The highest BCUT2D eigenvalue weighted by molar-refractivity contribution is 5.77. The fourth-order valence-electron chi connectivity index (χ4n) is 1.51. The zero-order valence-electron chi connectivity index (χ0n) is 9.36. The number of carbonyl (C=O) groups is 1. The van der Waals surface area contributed by atoms with Gasteiger partial charge in [-0.2, -0.15) is 5.10 Å². The summed E-state index contributed by atoms with van der Waals surface area (Å²) in [6.45, 7) is 0.753. The average molecular weight is 227 g/mol. The Bertz CT molecular complexity index is 459. The summed E-state index contributed by atoms with van der Waals surface area (Å²) < 4.78 is 0. The molecule has 0 spiro atoms. The molecule has 4 nitrogen and oxygen atoms in total. The second kappa shape index (κ2) is 5.75. The monoisotopic (exact) mass is 227 g/mol. The van der Waals surface area contributed by atoms with Crippen molar-refractivity contribution in [3.8, 4) is 0 Å². The van der Waals surface area contributed by atoms with Crippen LogP contribution in [0.25, 0.3) is 10.9 Å². The maximum atomic E-state index is 9.82. The van der Waals surface area contributed by atoms with Crippen LogP contribution in [-0.4, -0.2) is 29.2 Å². The van der Waals surface area contributed by atoms with Gasteiger partial charge in [0.05, 0.1) is 5.52 Å². The Morgan fingerprint density at radius 3 is 2.65 bits per heavy atom. The molecule has 2 aromatic rings. The number of benzene rings is 1. The number of hydrogen-bond acceptors (Lipinski definition) is 3. The van der Waals surface area contributed by atoms with Crippen LogP contribution < -0.4 is 0 Å². The first kappa shape index (κ1) is 11.3. The minimum atomic E-state index is 0.726. The van der Waals surface area contributed by atoms with Crippen molar-refractivity contribution >= 4 is 23.5 Å². The van der Waals surface area contributed by atoms with E-state index in [0.717, 1.165) is 24.9 Å². The molecule has 17 heavy (non-hydrogen) atoms. The first-order valence-corrected chi connectivity index (χ1v) is 5.44. The SMILES string of the molecule is O=CN1CCC=N1.c1ccc2ncccc2c1. The summed E-state index contributed by atoms with van der Waals surface area (Å²) in [4.78, 5) is 14.0. The molecule has 1 aromatic heterocycles. The summed E-state index contributed by atoms with van der Waals surface area (Å²) >= 11 is 0. The molecule has 0 bridgehead atoms. The van der Waals surface area contributed by atoms with Gasteiger partial charge in [0.1, 0.15) is 0 Å². The smallest absolute Gasteiger partial charge is 0.229 e. The van der Waals surface area contributed by atoms with Crippen molar-refractivity contribution in [1.82, 2.24) is 9.99 Å². The largest absolute Gasteiger partial charge is 0.277 e. The summed E-state index contributed by atoms with van der Waals surface area (Å²) in [6.07, 6.45) is 5.17. The molecule has 1 aliphatic rings. The van der Waals surface area contributed by atoms with Gasteiger partial charge in [0.2, 0.25) is 6.41 Å². The van der Waals surface area contributed by atoms with Gasteiger partial charge in [-0.15, -0.1) is 0 Å². The highest BCUT2D eigenvalue weighted by Gasteiger charge is 2.00. The van der Waals surface area contributed by atoms with Crippen LogP contribution in [0.2, 0.25) is 0 Å². The molecule has 0 N–H and O–H groups in total. The van der Waals surface area contributed by atoms with Crippen LogP contribution in [0.3, 0.4) is 0 Å². The number of rotatable bonds is 1. The molecule has 3 rings (SSSR count). The summed E-state index contributed by atoms with van der Waals surface area (Å²) in [6, 6.07) is 12.1. The van der Waals surface area contributed by atoms with Crippen LogP contribution >= 0.6 is 0 Å². The number of hydrazone groups is 1. The molecule has 1 aromatic carbocycles. The Balaban J connectivity index is 0.000000136. The molecule has 0 unspecified atom stereocenters. The molecule has 0 saturated carbocycles. The van der Waals surface area contributed by atoms with Crippen molar-refractivity contribution in [3.63, 3.8) is 0 Å². The van der Waals surface area contributed by atoms with Crippen LogP contribution in [-0.2, 0) is 4.79 Å². The lowest BCUT2D eigenvalue weighted by molar-refractivity contribution is -0.117. The second-order valence-corrected chi connectivity index (χ2v) is 3.55. The Hall–Kier alpha value is -2.23. The van der Waals surface area contributed by atoms with E-state index in [1.807, 2.05) is 30.5 Å². The molecule has 0 radical (unpaired) electrons. The number of hydrogen-bond donors (Lipinski definition) is 0. The topological polar surface area (TPSA) is 45.6 Å². The predicted octanol–water partition coefficient (Wildman–Crippen LogP) is 2.07. The minimum absolute atomic E-state index is 0.726. The van der Waals surface area contributed by atoms with Crippen molar-refractivity contribution in [2.75, 3.05) is 6.54 Å². The third-order valence-electron chi connectivity index (χ3n) is 2.35. The third-order valence-corrected chi connectivity index (χ3v) is 2.35. The van der Waals surface area contributed by atoms with Gasteiger partial charge in [0.25, 0.3) is 0 Å². The van der Waals surface area contributed by atoms with Crippen LogP contribution in [0.15, 0.2) is 47.7 Å². The minimum Gasteiger partial charge on any atom is -0.277 e. The zero-order valence-corrected chi connectivity index (χ0v) is 9.36. The Morgan fingerprint density at radius 2 is 2.00 bits per heavy atom. The molecule has 0 saturated heterocycles. The molecule has 0 atom stereocenters. The van der Waals surface area contributed by atoms with Gasteiger partial charge in [0, 0.05) is 30.8 Å². The van der Waals surface area contributed by atoms with Crippen molar-refractivity contribution in [2.45, 2.75) is 6.42 Å². The molecule has 0 fully saturated rings. The number of amides is 1. The molecular formula is C13H13N3O. The van der Waals surface area contributed by atoms with E-state index in [1.165, 1.54) is 10.4 Å². The van der Waals surface area contributed by atoms with E-state index >= 15 is 0 Å². The summed E-state index contributed by atoms with van der Waals surface area (Å²) in [5, 5.41) is 6.27. The fraction of sp³-hybridized carbons (Fsp3) is 0.154. The van der Waals surface area contributed by atoms with Crippen LogP contribution in [0.5, 0.6) is 0 Å². The van der Waals surface area contributed by atoms with E-state index in [2.05, 4.69) is 22.2 Å². The Labute approximate surface area is 99.6 Å². The number of aromatic nitrogens is 1. The Morgan fingerprint density at radius 1 is 1.18 bits per heavy atom. The van der Waals surface area contributed by atoms with Crippen LogP contribution in [0.1, 0.15) is 6.42 Å². The lowest BCUT2D eigenvalue weighted by Gasteiger charge is -1.98. The van der Waals surface area contributed by atoms with Crippen molar-refractivity contribution in [2.24, 2.45) is 5.10 Å². The fourth-order valence-corrected chi connectivity index (χ4v) is 1.51. The molecule has 0 aliphatic carbocycles. The van der Waals surface area contributed by atoms with Gasteiger partial charge in [-0.05, 0) is 12.1 Å². The molecular weight excluding hydrogens is 214 g/mol. The lowest BCUT2D eigenvalue weighted by Crippen LogP contribution is -2.09. The van der Waals surface area contributed by atoms with E-state index in [1.54, 1.807) is 6.21 Å². The lowest BCUT2D eigenvalue weighted by atomic mass is 10.2. The van der Waals surface area contributed by atoms with Gasteiger partial charge in [-0.25, -0.2) is 5.01 Å². The van der Waals surface area contributed by atoms with E-state index in [-0.39, 0.29) is 0 Å². The van der Waals surface area contributed by atoms with Crippen LogP contribution in [0.4, 0.5) is 0 Å². The number of fused-ring (bicyclic) bond motifs is 1. The third kappa shape index (κ3) is 3.11. The summed E-state index contributed by atoms with van der Waals surface area (Å²) in [5.74, 6) is 0. The number of pyridine rings is 1. The van der Waals surface area contributed by atoms with E-state index < -0.39 is 0 Å². The normalized spacial score (nSPS) is 13.3. The quantitative estimate of drug-likeness (QED) is 0.700. The zero-order chi connectivity index (χ0) is 11.9. The molecule has 86 valence electrons. The number of para-hydroxylation sites is 1. The maximum absolute atomic E-state index is 9.82. The Kier molecular flexibility index (Phi) is 3.81. The highest BCUT2D eigenvalue weighted by Crippen LogP contribution is 2.07. The first-order chi connectivity index (χ1) is 8.40. The van der Waals surface area contributed by atoms with E-state index in [0.29, 0.717) is 0 Å². The molecule has 2 heterocycles. The number of carbonyl (C=O) groups excluding carboxylic acids is 1. The highest BCUT2D eigenvalue weighted by atomic mass is 16.1. The summed E-state index contributed by atoms with van der Waals surface area (Å²) in [7, 11) is 0. The van der Waals surface area contributed by atoms with E-state index in [4.69, 9.17) is 0 Å². The molecule has 4 heteroatoms. The average Bonchev–Trinajstić information content (AvgIpc) is 2.93. The second-order valence-electron chi connectivity index (χ2n) is 3.55. The van der Waals surface area contributed by atoms with Gasteiger partial charge in [-0.3, -0.25) is 9.78 Å². The first-order valence-electron chi connectivity index (χ1n) is 5.44. The predicted molar refractivity (Wildman–Crippen MR) is 67.6 cm³/mol. The van der Waals surface area contributed by atoms with Gasteiger partial charge < -0.3 is 0 Å². The molecule has 1 amide bonds. The van der Waals surface area contributed by atoms with Crippen LogP contribution in [0, 0.1) is 0 Å². The van der Waals surface area contributed by atoms with Gasteiger partial charge in [-0.1, -0.05) is 24.3 Å². The summed E-state index contributed by atoms with van der Waals surface area (Å²) in [5.41, 5.74) is 1.06. The van der Waals surface area contributed by atoms with E-state index in [9.17, 15) is 4.79 Å². The molecule has 1 aliphatic heterocycles. The standard InChI is InChI=1S/C9H7N.C4H6N2O/c1-2-6-9-8(4-1)5-3-7-10-9;7-4-6-3-1-2-5-6/h1-7H;2,4H,1,3H2.